The Kier molecular flexibility index (Phi) is 3.59. The number of nitrogens with one attached hydrogen (secondary N) is 1. The molecule has 2 N–H and O–H groups in total. The van der Waals surface area contributed by atoms with E-state index in [0.29, 0.717) is 6.54 Å². The highest BCUT2D eigenvalue weighted by atomic mass is 32.1. The number of carbonyl (C=O) groups is 1. The summed E-state index contributed by atoms with van der Waals surface area (Å²) < 4.78 is 0. The number of hydrogen-bond donors (Lipinski definition) is 2. The molecule has 1 aromatic heterocycles. The fraction of sp³-hybridized carbons (Fsp3) is 0.312. The lowest BCUT2D eigenvalue weighted by Gasteiger charge is -2.41. The van der Waals surface area contributed by atoms with Crippen molar-refractivity contribution >= 4 is 17.3 Å². The minimum atomic E-state index is -0.853. The second kappa shape index (κ2) is 5.38. The highest BCUT2D eigenvalue weighted by molar-refractivity contribution is 7.10. The molecule has 1 fully saturated rings. The van der Waals surface area contributed by atoms with Crippen molar-refractivity contribution in [1.29, 1.82) is 0 Å². The fourth-order valence-electron chi connectivity index (χ4n) is 3.16. The molecule has 0 radical (unpaired) electrons. The van der Waals surface area contributed by atoms with Gasteiger partial charge in [0, 0.05) is 17.3 Å². The van der Waals surface area contributed by atoms with Crippen molar-refractivity contribution in [3.8, 4) is 0 Å². The first-order chi connectivity index (χ1) is 9.75. The van der Waals surface area contributed by atoms with Crippen LogP contribution in [0.2, 0.25) is 0 Å². The number of carboxylic acid groups (broad SMARTS) is 1. The van der Waals surface area contributed by atoms with Gasteiger partial charge in [-0.25, -0.2) is 0 Å². The summed E-state index contributed by atoms with van der Waals surface area (Å²) in [5.74, 6) is -0.720. The molecule has 3 rings (SSSR count). The van der Waals surface area contributed by atoms with Crippen molar-refractivity contribution in [2.24, 2.45) is 0 Å². The third-order valence-electron chi connectivity index (χ3n) is 4.15. The second-order valence-electron chi connectivity index (χ2n) is 5.18. The smallest absolute Gasteiger partial charge is 0.316 e. The molecule has 104 valence electrons. The van der Waals surface area contributed by atoms with Gasteiger partial charge in [-0.15, -0.1) is 11.3 Å². The molecule has 1 unspecified atom stereocenters. The lowest BCUT2D eigenvalue weighted by Crippen LogP contribution is -2.53. The molecule has 4 heteroatoms. The Morgan fingerprint density at radius 1 is 1.25 bits per heavy atom. The average molecular weight is 287 g/mol. The number of hydrogen-bond acceptors (Lipinski definition) is 3. The molecule has 0 amide bonds. The fourth-order valence-corrected chi connectivity index (χ4v) is 4.13. The largest absolute Gasteiger partial charge is 0.481 e. The van der Waals surface area contributed by atoms with E-state index in [1.54, 1.807) is 0 Å². The van der Waals surface area contributed by atoms with E-state index in [4.69, 9.17) is 0 Å². The number of thiophene rings is 1. The monoisotopic (exact) mass is 287 g/mol. The Bertz CT molecular complexity index is 582. The molecule has 0 spiro atoms. The van der Waals surface area contributed by atoms with Crippen LogP contribution in [0.5, 0.6) is 0 Å². The van der Waals surface area contributed by atoms with Crippen LogP contribution in [0, 0.1) is 0 Å². The Morgan fingerprint density at radius 3 is 2.70 bits per heavy atom. The Balaban J connectivity index is 2.12. The van der Waals surface area contributed by atoms with Crippen LogP contribution in [0.4, 0.5) is 0 Å². The van der Waals surface area contributed by atoms with Crippen molar-refractivity contribution in [1.82, 2.24) is 5.32 Å². The van der Waals surface area contributed by atoms with Gasteiger partial charge in [-0.3, -0.25) is 4.79 Å². The van der Waals surface area contributed by atoms with E-state index in [-0.39, 0.29) is 5.92 Å². The molecule has 2 atom stereocenters. The molecule has 1 aromatic carbocycles. The Hall–Kier alpha value is -1.65. The van der Waals surface area contributed by atoms with E-state index in [1.165, 1.54) is 11.3 Å². The highest BCUT2D eigenvalue weighted by Crippen LogP contribution is 2.44. The average Bonchev–Trinajstić information content (AvgIpc) is 3.02. The van der Waals surface area contributed by atoms with E-state index in [1.807, 2.05) is 47.8 Å². The normalized spacial score (nSPS) is 26.3. The molecule has 1 aliphatic rings. The van der Waals surface area contributed by atoms with Crippen LogP contribution in [0.1, 0.15) is 22.8 Å². The summed E-state index contributed by atoms with van der Waals surface area (Å²) in [6, 6.07) is 13.9. The third-order valence-corrected chi connectivity index (χ3v) is 5.20. The molecule has 0 saturated carbocycles. The lowest BCUT2D eigenvalue weighted by atomic mass is 9.67. The van der Waals surface area contributed by atoms with Gasteiger partial charge in [0.2, 0.25) is 0 Å². The van der Waals surface area contributed by atoms with Crippen LogP contribution in [0.15, 0.2) is 47.8 Å². The Morgan fingerprint density at radius 2 is 2.05 bits per heavy atom. The number of carboxylic acids is 1. The van der Waals surface area contributed by atoms with Crippen molar-refractivity contribution in [3.63, 3.8) is 0 Å². The van der Waals surface area contributed by atoms with Gasteiger partial charge in [-0.2, -0.15) is 0 Å². The van der Waals surface area contributed by atoms with Crippen LogP contribution in [0.3, 0.4) is 0 Å². The quantitative estimate of drug-likeness (QED) is 0.912. The number of piperidine rings is 1. The van der Waals surface area contributed by atoms with Crippen molar-refractivity contribution in [3.05, 3.63) is 58.3 Å². The first-order valence-corrected chi connectivity index (χ1v) is 7.66. The highest BCUT2D eigenvalue weighted by Gasteiger charge is 2.50. The first kappa shape index (κ1) is 13.3. The zero-order chi connectivity index (χ0) is 14.0. The van der Waals surface area contributed by atoms with E-state index < -0.39 is 11.4 Å². The van der Waals surface area contributed by atoms with Gasteiger partial charge in [-0.05, 0) is 30.0 Å². The van der Waals surface area contributed by atoms with Gasteiger partial charge in [0.1, 0.15) is 5.41 Å². The zero-order valence-electron chi connectivity index (χ0n) is 11.1. The van der Waals surface area contributed by atoms with E-state index >= 15 is 0 Å². The lowest BCUT2D eigenvalue weighted by molar-refractivity contribution is -0.145. The summed E-state index contributed by atoms with van der Waals surface area (Å²) in [6.07, 6.45) is 0.841. The van der Waals surface area contributed by atoms with Gasteiger partial charge in [0.25, 0.3) is 0 Å². The van der Waals surface area contributed by atoms with Crippen LogP contribution in [-0.2, 0) is 10.2 Å². The molecular formula is C16H17NO2S. The maximum absolute atomic E-state index is 12.1. The molecule has 2 aromatic rings. The topological polar surface area (TPSA) is 49.3 Å². The summed E-state index contributed by atoms with van der Waals surface area (Å²) in [5.41, 5.74) is 0.262. The minimum absolute atomic E-state index is 0.0149. The van der Waals surface area contributed by atoms with E-state index in [9.17, 15) is 9.90 Å². The molecule has 20 heavy (non-hydrogen) atoms. The number of aliphatic carboxylic acids is 1. The van der Waals surface area contributed by atoms with Crippen molar-refractivity contribution in [2.75, 3.05) is 13.1 Å². The zero-order valence-corrected chi connectivity index (χ0v) is 11.9. The summed E-state index contributed by atoms with van der Waals surface area (Å²) in [5, 5.41) is 15.2. The van der Waals surface area contributed by atoms with Gasteiger partial charge in [0.15, 0.2) is 0 Å². The first-order valence-electron chi connectivity index (χ1n) is 6.78. The van der Waals surface area contributed by atoms with Crippen molar-refractivity contribution in [2.45, 2.75) is 17.8 Å². The maximum atomic E-state index is 12.1. The van der Waals surface area contributed by atoms with Crippen LogP contribution < -0.4 is 5.32 Å². The van der Waals surface area contributed by atoms with Crippen LogP contribution in [-0.4, -0.2) is 24.2 Å². The molecular weight excluding hydrogens is 270 g/mol. The minimum Gasteiger partial charge on any atom is -0.481 e. The second-order valence-corrected chi connectivity index (χ2v) is 6.13. The van der Waals surface area contributed by atoms with Gasteiger partial charge in [0.05, 0.1) is 0 Å². The molecule has 1 saturated heterocycles. The van der Waals surface area contributed by atoms with E-state index in [2.05, 4.69) is 5.32 Å². The standard InChI is InChI=1S/C16H17NO2S/c18-15(19)16(14-7-4-10-20-14)11-17-9-8-13(16)12-5-2-1-3-6-12/h1-7,10,13,17H,8-9,11H2,(H,18,19)/t13?,16-/m1/s1. The predicted molar refractivity (Wildman–Crippen MR) is 80.3 cm³/mol. The van der Waals surface area contributed by atoms with E-state index in [0.717, 1.165) is 23.4 Å². The van der Waals surface area contributed by atoms with Gasteiger partial charge in [-0.1, -0.05) is 36.4 Å². The van der Waals surface area contributed by atoms with Crippen LogP contribution in [0.25, 0.3) is 0 Å². The third kappa shape index (κ3) is 2.05. The van der Waals surface area contributed by atoms with Gasteiger partial charge < -0.3 is 10.4 Å². The number of benzene rings is 1. The molecule has 0 bridgehead atoms. The molecule has 0 aliphatic carbocycles. The SMILES string of the molecule is O=C(O)[C@]1(c2cccs2)CNCCC1c1ccccc1. The molecule has 1 aliphatic heterocycles. The summed E-state index contributed by atoms with van der Waals surface area (Å²) in [4.78, 5) is 13.1. The maximum Gasteiger partial charge on any atom is 0.316 e. The predicted octanol–water partition coefficient (Wildman–Crippen LogP) is 2.85. The summed E-state index contributed by atoms with van der Waals surface area (Å²) in [7, 11) is 0. The van der Waals surface area contributed by atoms with Crippen LogP contribution >= 0.6 is 11.3 Å². The molecule has 2 heterocycles. The van der Waals surface area contributed by atoms with Crippen molar-refractivity contribution < 1.29 is 9.90 Å². The van der Waals surface area contributed by atoms with Gasteiger partial charge >= 0.3 is 5.97 Å². The number of rotatable bonds is 3. The molecule has 3 nitrogen and oxygen atoms in total. The summed E-state index contributed by atoms with van der Waals surface area (Å²) >= 11 is 1.53. The summed E-state index contributed by atoms with van der Waals surface area (Å²) in [6.45, 7) is 1.35. The Labute approximate surface area is 122 Å².